The topological polar surface area (TPSA) is 47.8 Å². The summed E-state index contributed by atoms with van der Waals surface area (Å²) >= 11 is 0. The highest BCUT2D eigenvalue weighted by Crippen LogP contribution is 2.53. The highest BCUT2D eigenvalue weighted by molar-refractivity contribution is 7.86. The van der Waals surface area contributed by atoms with E-state index in [1.165, 1.54) is 10.8 Å². The second kappa shape index (κ2) is 9.83. The molecule has 0 bridgehead atoms. The van der Waals surface area contributed by atoms with E-state index < -0.39 is 7.14 Å². The van der Waals surface area contributed by atoms with Crippen molar-refractivity contribution in [1.82, 2.24) is 14.5 Å². The lowest BCUT2D eigenvalue weighted by Crippen LogP contribution is -2.20. The molecule has 0 fully saturated rings. The molecule has 7 aromatic carbocycles. The molecule has 3 heterocycles. The third-order valence-corrected chi connectivity index (χ3v) is 12.7. The van der Waals surface area contributed by atoms with Crippen molar-refractivity contribution in [3.63, 3.8) is 0 Å². The van der Waals surface area contributed by atoms with Crippen LogP contribution in [-0.2, 0) is 4.57 Å². The summed E-state index contributed by atoms with van der Waals surface area (Å²) in [4.78, 5) is 10.5. The fourth-order valence-electron chi connectivity index (χ4n) is 7.44. The summed E-state index contributed by atoms with van der Waals surface area (Å²) in [5.74, 6) is 0.607. The number of nitrogens with zero attached hydrogens (tertiary/aromatic N) is 3. The Kier molecular flexibility index (Phi) is 5.52. The quantitative estimate of drug-likeness (QED) is 0.185. The summed E-state index contributed by atoms with van der Waals surface area (Å²) in [5.41, 5.74) is 6.83. The van der Waals surface area contributed by atoms with E-state index in [1.54, 1.807) is 0 Å². The highest BCUT2D eigenvalue weighted by Gasteiger charge is 2.40. The number of hydrogen-bond donors (Lipinski definition) is 0. The Morgan fingerprint density at radius 2 is 1.21 bits per heavy atom. The Morgan fingerprint density at radius 3 is 2.11 bits per heavy atom. The molecule has 0 aliphatic carbocycles. The molecule has 0 saturated heterocycles. The Balaban J connectivity index is 1.29. The van der Waals surface area contributed by atoms with Crippen LogP contribution in [0.4, 0.5) is 0 Å². The molecular formula is C42H26N3OP. The van der Waals surface area contributed by atoms with Crippen LogP contribution in [0.1, 0.15) is 0 Å². The zero-order chi connectivity index (χ0) is 31.1. The molecule has 0 N–H and O–H groups in total. The van der Waals surface area contributed by atoms with E-state index in [0.29, 0.717) is 5.95 Å². The van der Waals surface area contributed by atoms with Crippen molar-refractivity contribution < 1.29 is 4.57 Å². The highest BCUT2D eigenvalue weighted by atomic mass is 31.2. The zero-order valence-electron chi connectivity index (χ0n) is 25.2. The van der Waals surface area contributed by atoms with Crippen LogP contribution in [0.3, 0.4) is 0 Å². The molecule has 1 atom stereocenters. The van der Waals surface area contributed by atoms with Crippen molar-refractivity contribution in [2.45, 2.75) is 0 Å². The molecule has 0 radical (unpaired) electrons. The van der Waals surface area contributed by atoms with E-state index in [2.05, 4.69) is 102 Å². The second-order valence-corrected chi connectivity index (χ2v) is 14.9. The molecule has 10 rings (SSSR count). The van der Waals surface area contributed by atoms with Gasteiger partial charge < -0.3 is 4.57 Å². The molecule has 5 heteroatoms. The lowest BCUT2D eigenvalue weighted by molar-refractivity contribution is 0.593. The van der Waals surface area contributed by atoms with Crippen molar-refractivity contribution in [1.29, 1.82) is 0 Å². The van der Waals surface area contributed by atoms with Gasteiger partial charge in [0.2, 0.25) is 5.95 Å². The van der Waals surface area contributed by atoms with Gasteiger partial charge in [0.05, 0.1) is 22.2 Å². The fourth-order valence-corrected chi connectivity index (χ4v) is 10.5. The maximum absolute atomic E-state index is 15.3. The smallest absolute Gasteiger partial charge is 0.235 e. The number of fused-ring (bicyclic) bond motifs is 8. The minimum absolute atomic E-state index is 0.607. The fraction of sp³-hybridized carbons (Fsp3) is 0. The van der Waals surface area contributed by atoms with E-state index in [9.17, 15) is 0 Å². The van der Waals surface area contributed by atoms with Gasteiger partial charge in [0.1, 0.15) is 0 Å². The Bertz CT molecular complexity index is 2780. The van der Waals surface area contributed by atoms with Crippen molar-refractivity contribution in [3.05, 3.63) is 158 Å². The van der Waals surface area contributed by atoms with Gasteiger partial charge in [-0.05, 0) is 52.2 Å². The molecule has 9 aromatic rings. The van der Waals surface area contributed by atoms with Crippen molar-refractivity contribution in [3.8, 4) is 28.3 Å². The molecule has 2 aromatic heterocycles. The summed E-state index contributed by atoms with van der Waals surface area (Å²) in [6, 6.07) is 54.0. The summed E-state index contributed by atoms with van der Waals surface area (Å²) < 4.78 is 17.5. The molecule has 220 valence electrons. The van der Waals surface area contributed by atoms with Crippen LogP contribution >= 0.6 is 7.14 Å². The van der Waals surface area contributed by atoms with E-state index in [-0.39, 0.29) is 0 Å². The summed E-state index contributed by atoms with van der Waals surface area (Å²) in [5, 5.41) is 8.11. The van der Waals surface area contributed by atoms with E-state index >= 15 is 4.57 Å². The number of aromatic nitrogens is 3. The molecular weight excluding hydrogens is 593 g/mol. The lowest BCUT2D eigenvalue weighted by atomic mass is 10.0. The van der Waals surface area contributed by atoms with Crippen LogP contribution in [0, 0.1) is 0 Å². The molecule has 1 unspecified atom stereocenters. The Hall–Kier alpha value is -5.83. The van der Waals surface area contributed by atoms with Crippen LogP contribution in [-0.4, -0.2) is 14.5 Å². The van der Waals surface area contributed by atoms with Crippen LogP contribution < -0.4 is 15.9 Å². The second-order valence-electron chi connectivity index (χ2n) is 12.2. The first-order valence-corrected chi connectivity index (χ1v) is 17.5. The van der Waals surface area contributed by atoms with Crippen molar-refractivity contribution in [2.75, 3.05) is 0 Å². The van der Waals surface area contributed by atoms with Crippen LogP contribution in [0.15, 0.2) is 158 Å². The molecule has 4 nitrogen and oxygen atoms in total. The maximum atomic E-state index is 15.3. The SMILES string of the molecule is O=P1(c2ccccc2)c2ccccc2-c2cc3c(cc21)c1ccccc1n3-c1nc(-c2ccc3ccccc3c2)c2ccccc2n1. The first-order chi connectivity index (χ1) is 23.2. The third-order valence-electron chi connectivity index (χ3n) is 9.60. The summed E-state index contributed by atoms with van der Waals surface area (Å²) in [7, 11) is -3.09. The van der Waals surface area contributed by atoms with E-state index in [4.69, 9.17) is 9.97 Å². The minimum atomic E-state index is -3.09. The maximum Gasteiger partial charge on any atom is 0.235 e. The van der Waals surface area contributed by atoms with Gasteiger partial charge in [-0.1, -0.05) is 127 Å². The van der Waals surface area contributed by atoms with E-state index in [0.717, 1.165) is 71.0 Å². The van der Waals surface area contributed by atoms with Gasteiger partial charge in [0.15, 0.2) is 7.14 Å². The largest absolute Gasteiger partial charge is 0.309 e. The summed E-state index contributed by atoms with van der Waals surface area (Å²) in [6.07, 6.45) is 0. The molecule has 1 aliphatic rings. The van der Waals surface area contributed by atoms with Gasteiger partial charge in [-0.3, -0.25) is 4.57 Å². The molecule has 1 aliphatic heterocycles. The number of hydrogen-bond acceptors (Lipinski definition) is 3. The molecule has 47 heavy (non-hydrogen) atoms. The van der Waals surface area contributed by atoms with Crippen molar-refractivity contribution >= 4 is 66.5 Å². The van der Waals surface area contributed by atoms with Gasteiger partial charge in [0.25, 0.3) is 0 Å². The predicted octanol–water partition coefficient (Wildman–Crippen LogP) is 9.17. The van der Waals surface area contributed by atoms with Gasteiger partial charge in [-0.15, -0.1) is 0 Å². The minimum Gasteiger partial charge on any atom is -0.309 e. The van der Waals surface area contributed by atoms with Crippen LogP contribution in [0.5, 0.6) is 0 Å². The number of rotatable bonds is 3. The summed E-state index contributed by atoms with van der Waals surface area (Å²) in [6.45, 7) is 0. The van der Waals surface area contributed by atoms with Gasteiger partial charge in [-0.25, -0.2) is 9.97 Å². The van der Waals surface area contributed by atoms with Gasteiger partial charge in [-0.2, -0.15) is 0 Å². The van der Waals surface area contributed by atoms with Gasteiger partial charge in [0, 0.05) is 37.6 Å². The number of para-hydroxylation sites is 2. The van der Waals surface area contributed by atoms with Crippen molar-refractivity contribution in [2.24, 2.45) is 0 Å². The first-order valence-electron chi connectivity index (χ1n) is 15.8. The van der Waals surface area contributed by atoms with Crippen LogP contribution in [0.2, 0.25) is 0 Å². The molecule has 0 amide bonds. The predicted molar refractivity (Wildman–Crippen MR) is 195 cm³/mol. The first kappa shape index (κ1) is 26.4. The normalized spacial score (nSPS) is 15.4. The third kappa shape index (κ3) is 3.74. The zero-order valence-corrected chi connectivity index (χ0v) is 26.1. The Labute approximate surface area is 271 Å². The monoisotopic (exact) mass is 619 g/mol. The Morgan fingerprint density at radius 1 is 0.489 bits per heavy atom. The van der Waals surface area contributed by atoms with E-state index in [1.807, 2.05) is 60.7 Å². The molecule has 0 spiro atoms. The van der Waals surface area contributed by atoms with Crippen LogP contribution in [0.25, 0.3) is 71.8 Å². The van der Waals surface area contributed by atoms with Gasteiger partial charge >= 0.3 is 0 Å². The molecule has 0 saturated carbocycles. The standard InChI is InChI=1S/C42H26N3OP/c46-47(30-14-2-1-3-15-30)39-21-11-8-17-32(39)35-25-38-34(26-40(35)47)31-16-7-10-20-37(31)45(38)42-43-36-19-9-6-18-33(36)41(44-42)29-23-22-27-12-4-5-13-28(27)24-29/h1-26H. The lowest BCUT2D eigenvalue weighted by Gasteiger charge is -2.16. The number of benzene rings is 7. The average Bonchev–Trinajstić information content (AvgIpc) is 3.60. The average molecular weight is 620 g/mol.